The molecule has 1 heterocycles. The minimum atomic E-state index is -3.75. The van der Waals surface area contributed by atoms with Crippen molar-refractivity contribution in [3.63, 3.8) is 0 Å². The van der Waals surface area contributed by atoms with Crippen LogP contribution in [0.3, 0.4) is 0 Å². The molecule has 0 unspecified atom stereocenters. The van der Waals surface area contributed by atoms with Gasteiger partial charge in [0.15, 0.2) is 4.77 Å². The Morgan fingerprint density at radius 1 is 1.09 bits per heavy atom. The number of hydrogen-bond acceptors (Lipinski definition) is 5. The minimum Gasteiger partial charge on any atom is -0.352 e. The largest absolute Gasteiger partial charge is 0.352 e. The monoisotopic (exact) mass is 514 g/mol. The quantitative estimate of drug-likeness (QED) is 0.340. The third-order valence-electron chi connectivity index (χ3n) is 5.18. The number of rotatable bonds is 6. The van der Waals surface area contributed by atoms with E-state index in [1.165, 1.54) is 16.7 Å². The fraction of sp³-hybridized carbons (Fsp3) is 0.0870. The highest BCUT2D eigenvalue weighted by atomic mass is 35.5. The zero-order valence-corrected chi connectivity index (χ0v) is 20.0. The van der Waals surface area contributed by atoms with Crippen molar-refractivity contribution in [3.05, 3.63) is 98.0 Å². The van der Waals surface area contributed by atoms with Gasteiger partial charge >= 0.3 is 0 Å². The van der Waals surface area contributed by atoms with Crippen molar-refractivity contribution in [2.24, 2.45) is 5.14 Å². The summed E-state index contributed by atoms with van der Waals surface area (Å²) in [7, 11) is -3.75. The molecule has 0 aliphatic carbocycles. The molecule has 8 nitrogen and oxygen atoms in total. The van der Waals surface area contributed by atoms with Gasteiger partial charge in [0, 0.05) is 17.1 Å². The van der Waals surface area contributed by atoms with E-state index in [9.17, 15) is 18.0 Å². The van der Waals surface area contributed by atoms with Gasteiger partial charge in [-0.3, -0.25) is 14.2 Å². The van der Waals surface area contributed by atoms with Gasteiger partial charge in [0.05, 0.1) is 21.5 Å². The Morgan fingerprint density at radius 3 is 2.53 bits per heavy atom. The molecule has 1 amide bonds. The van der Waals surface area contributed by atoms with E-state index in [1.807, 2.05) is 0 Å². The topological polar surface area (TPSA) is 127 Å². The SMILES string of the molecule is NS(=O)(=O)c1ccc(CCNC(=O)c2cccc(-n3c(=S)[nH]c4cc(Cl)ccc4c3=O)c2)cc1. The van der Waals surface area contributed by atoms with Crippen LogP contribution >= 0.6 is 23.8 Å². The second-order valence-electron chi connectivity index (χ2n) is 7.51. The molecule has 4 rings (SSSR count). The molecule has 4 aromatic rings. The van der Waals surface area contributed by atoms with E-state index in [0.717, 1.165) is 5.56 Å². The predicted octanol–water partition coefficient (Wildman–Crippen LogP) is 3.32. The Morgan fingerprint density at radius 2 is 1.82 bits per heavy atom. The summed E-state index contributed by atoms with van der Waals surface area (Å²) in [6, 6.07) is 17.6. The molecule has 0 saturated heterocycles. The molecule has 0 aliphatic rings. The third kappa shape index (κ3) is 5.10. The first kappa shape index (κ1) is 23.8. The van der Waals surface area contributed by atoms with Crippen LogP contribution in [0, 0.1) is 4.77 Å². The van der Waals surface area contributed by atoms with Gasteiger partial charge in [-0.15, -0.1) is 0 Å². The second-order valence-corrected chi connectivity index (χ2v) is 9.89. The molecule has 0 bridgehead atoms. The maximum atomic E-state index is 13.0. The summed E-state index contributed by atoms with van der Waals surface area (Å²) in [6.07, 6.45) is 0.494. The van der Waals surface area contributed by atoms with Crippen molar-refractivity contribution >= 4 is 50.7 Å². The van der Waals surface area contributed by atoms with Crippen molar-refractivity contribution < 1.29 is 13.2 Å². The first-order valence-electron chi connectivity index (χ1n) is 10.1. The van der Waals surface area contributed by atoms with E-state index in [0.29, 0.717) is 40.1 Å². The summed E-state index contributed by atoms with van der Waals surface area (Å²) >= 11 is 11.4. The van der Waals surface area contributed by atoms with Crippen LogP contribution in [0.4, 0.5) is 0 Å². The molecule has 0 spiro atoms. The van der Waals surface area contributed by atoms with Crippen molar-refractivity contribution in [1.29, 1.82) is 0 Å². The zero-order valence-electron chi connectivity index (χ0n) is 17.6. The Bertz CT molecular complexity index is 1630. The van der Waals surface area contributed by atoms with Crippen LogP contribution in [-0.4, -0.2) is 30.4 Å². The van der Waals surface area contributed by atoms with Gasteiger partial charge in [0.2, 0.25) is 10.0 Å². The van der Waals surface area contributed by atoms with E-state index >= 15 is 0 Å². The van der Waals surface area contributed by atoms with E-state index < -0.39 is 10.0 Å². The summed E-state index contributed by atoms with van der Waals surface area (Å²) in [4.78, 5) is 28.8. The molecule has 1 aromatic heterocycles. The first-order valence-corrected chi connectivity index (χ1v) is 12.4. The maximum absolute atomic E-state index is 13.0. The number of carbonyl (C=O) groups is 1. The van der Waals surface area contributed by atoms with Gasteiger partial charge in [-0.1, -0.05) is 29.8 Å². The van der Waals surface area contributed by atoms with Crippen molar-refractivity contribution in [2.75, 3.05) is 6.54 Å². The number of fused-ring (bicyclic) bond motifs is 1. The Labute approximate surface area is 205 Å². The molecule has 0 fully saturated rings. The number of hydrogen-bond donors (Lipinski definition) is 3. The molecule has 0 atom stereocenters. The predicted molar refractivity (Wildman–Crippen MR) is 134 cm³/mol. The normalized spacial score (nSPS) is 11.5. The number of primary sulfonamides is 1. The number of sulfonamides is 1. The Kier molecular flexibility index (Phi) is 6.67. The lowest BCUT2D eigenvalue weighted by Gasteiger charge is -2.11. The van der Waals surface area contributed by atoms with Crippen LogP contribution in [-0.2, 0) is 16.4 Å². The summed E-state index contributed by atoms with van der Waals surface area (Å²) < 4.78 is 24.2. The lowest BCUT2D eigenvalue weighted by Crippen LogP contribution is -2.26. The number of halogens is 1. The van der Waals surface area contributed by atoms with Crippen LogP contribution in [0.5, 0.6) is 0 Å². The van der Waals surface area contributed by atoms with Crippen LogP contribution in [0.15, 0.2) is 76.4 Å². The van der Waals surface area contributed by atoms with Gasteiger partial charge in [-0.05, 0) is 72.7 Å². The van der Waals surface area contributed by atoms with Crippen LogP contribution in [0.1, 0.15) is 15.9 Å². The summed E-state index contributed by atoms with van der Waals surface area (Å²) in [6.45, 7) is 0.328. The van der Waals surface area contributed by atoms with Gasteiger partial charge < -0.3 is 10.3 Å². The van der Waals surface area contributed by atoms with Crippen molar-refractivity contribution in [2.45, 2.75) is 11.3 Å². The molecule has 3 aromatic carbocycles. The van der Waals surface area contributed by atoms with Crippen LogP contribution in [0.25, 0.3) is 16.6 Å². The number of nitrogens with one attached hydrogen (secondary N) is 2. The molecule has 4 N–H and O–H groups in total. The smallest absolute Gasteiger partial charge is 0.266 e. The lowest BCUT2D eigenvalue weighted by molar-refractivity contribution is 0.0954. The highest BCUT2D eigenvalue weighted by molar-refractivity contribution is 7.89. The molecule has 0 aliphatic heterocycles. The van der Waals surface area contributed by atoms with Crippen LogP contribution in [0.2, 0.25) is 5.02 Å². The standard InChI is InChI=1S/C23H19ClN4O4S2/c24-16-6-9-19-20(13-16)27-23(33)28(22(19)30)17-3-1-2-15(12-17)21(29)26-11-10-14-4-7-18(8-5-14)34(25,31)32/h1-9,12-13H,10-11H2,(H,26,29)(H,27,33)(H2,25,31,32). The lowest BCUT2D eigenvalue weighted by atomic mass is 10.1. The maximum Gasteiger partial charge on any atom is 0.266 e. The van der Waals surface area contributed by atoms with Gasteiger partial charge in [-0.25, -0.2) is 13.6 Å². The zero-order chi connectivity index (χ0) is 24.5. The van der Waals surface area contributed by atoms with E-state index in [2.05, 4.69) is 10.3 Å². The number of H-pyrrole nitrogens is 1. The fourth-order valence-electron chi connectivity index (χ4n) is 3.48. The number of amides is 1. The summed E-state index contributed by atoms with van der Waals surface area (Å²) in [5.74, 6) is -0.321. The Balaban J connectivity index is 1.52. The van der Waals surface area contributed by atoms with Gasteiger partial charge in [-0.2, -0.15) is 0 Å². The van der Waals surface area contributed by atoms with Crippen molar-refractivity contribution in [3.8, 4) is 5.69 Å². The van der Waals surface area contributed by atoms with Crippen LogP contribution < -0.4 is 16.0 Å². The third-order valence-corrected chi connectivity index (χ3v) is 6.63. The van der Waals surface area contributed by atoms with Gasteiger partial charge in [0.1, 0.15) is 0 Å². The molecular weight excluding hydrogens is 496 g/mol. The number of benzene rings is 3. The molecular formula is C23H19ClN4O4S2. The van der Waals surface area contributed by atoms with E-state index in [-0.39, 0.29) is 21.1 Å². The average molecular weight is 515 g/mol. The molecule has 34 heavy (non-hydrogen) atoms. The highest BCUT2D eigenvalue weighted by Crippen LogP contribution is 2.17. The van der Waals surface area contributed by atoms with Gasteiger partial charge in [0.25, 0.3) is 11.5 Å². The van der Waals surface area contributed by atoms with E-state index in [4.69, 9.17) is 29.0 Å². The Hall–Kier alpha value is -3.31. The van der Waals surface area contributed by atoms with E-state index in [1.54, 1.807) is 54.6 Å². The second kappa shape index (κ2) is 9.51. The summed E-state index contributed by atoms with van der Waals surface area (Å²) in [5.41, 5.74) is 1.87. The number of nitrogens with zero attached hydrogens (tertiary/aromatic N) is 1. The number of nitrogens with two attached hydrogens (primary N) is 1. The highest BCUT2D eigenvalue weighted by Gasteiger charge is 2.12. The average Bonchev–Trinajstić information content (AvgIpc) is 2.78. The molecule has 11 heteroatoms. The molecule has 0 radical (unpaired) electrons. The molecule has 174 valence electrons. The fourth-order valence-corrected chi connectivity index (χ4v) is 4.46. The summed E-state index contributed by atoms with van der Waals surface area (Å²) in [5, 5.41) is 8.81. The molecule has 0 saturated carbocycles. The number of aromatic amines is 1. The first-order chi connectivity index (χ1) is 16.1. The van der Waals surface area contributed by atoms with Crippen molar-refractivity contribution in [1.82, 2.24) is 14.9 Å². The minimum absolute atomic E-state index is 0.0301. The number of carbonyl (C=O) groups excluding carboxylic acids is 1. The number of aromatic nitrogens is 2.